The third-order valence-electron chi connectivity index (χ3n) is 6.20. The molecule has 0 amide bonds. The zero-order valence-corrected chi connectivity index (χ0v) is 17.7. The topological polar surface area (TPSA) is 108 Å². The van der Waals surface area contributed by atoms with E-state index in [0.29, 0.717) is 32.9 Å². The second-order valence-electron chi connectivity index (χ2n) is 8.29. The maximum atomic E-state index is 13.5. The standard InChI is InChI=1S/C21H21ClN8O/c1-28-10-24-16-18(28)26-21(23)27-19(16)29-9-3-6-14(29)17-25-13-5-2-4-12(22)15(13)20(31)30(17)11-7-8-11/h2,4-5,10-11,14H,3,6-9H2,1H3,(H2,23,26,27)/t14-/m0/s1. The minimum Gasteiger partial charge on any atom is -0.368 e. The van der Waals surface area contributed by atoms with Gasteiger partial charge in [0.1, 0.15) is 5.82 Å². The number of nitrogens with two attached hydrogens (primary N) is 1. The van der Waals surface area contributed by atoms with Crippen molar-refractivity contribution in [2.75, 3.05) is 17.2 Å². The summed E-state index contributed by atoms with van der Waals surface area (Å²) in [5, 5.41) is 0.931. The number of aryl methyl sites for hydroxylation is 1. The minimum atomic E-state index is -0.101. The zero-order chi connectivity index (χ0) is 21.3. The second-order valence-corrected chi connectivity index (χ2v) is 8.70. The lowest BCUT2D eigenvalue weighted by atomic mass is 10.1. The summed E-state index contributed by atoms with van der Waals surface area (Å²) in [4.78, 5) is 34.0. The van der Waals surface area contributed by atoms with Gasteiger partial charge in [-0.3, -0.25) is 9.36 Å². The Bertz CT molecular complexity index is 1410. The van der Waals surface area contributed by atoms with Crippen molar-refractivity contribution >= 4 is 45.4 Å². The second kappa shape index (κ2) is 6.65. The average molecular weight is 437 g/mol. The molecule has 0 radical (unpaired) electrons. The van der Waals surface area contributed by atoms with Crippen molar-refractivity contribution in [1.82, 2.24) is 29.1 Å². The number of halogens is 1. The van der Waals surface area contributed by atoms with Crippen LogP contribution in [-0.4, -0.2) is 35.6 Å². The number of anilines is 2. The van der Waals surface area contributed by atoms with E-state index < -0.39 is 0 Å². The van der Waals surface area contributed by atoms with E-state index in [0.717, 1.165) is 38.1 Å². The maximum absolute atomic E-state index is 13.5. The molecular formula is C21H21ClN8O. The van der Waals surface area contributed by atoms with E-state index in [-0.39, 0.29) is 23.6 Å². The van der Waals surface area contributed by atoms with Crippen LogP contribution >= 0.6 is 11.6 Å². The summed E-state index contributed by atoms with van der Waals surface area (Å²) in [6, 6.07) is 5.49. The highest BCUT2D eigenvalue weighted by Crippen LogP contribution is 2.41. The van der Waals surface area contributed by atoms with Crippen molar-refractivity contribution in [3.63, 3.8) is 0 Å². The van der Waals surface area contributed by atoms with Crippen molar-refractivity contribution in [2.45, 2.75) is 37.8 Å². The van der Waals surface area contributed by atoms with Crippen LogP contribution in [0.25, 0.3) is 22.1 Å². The van der Waals surface area contributed by atoms with Crippen LogP contribution in [0.15, 0.2) is 29.3 Å². The Morgan fingerprint density at radius 3 is 2.81 bits per heavy atom. The molecule has 31 heavy (non-hydrogen) atoms. The molecule has 4 aromatic rings. The average Bonchev–Trinajstić information content (AvgIpc) is 3.34. The van der Waals surface area contributed by atoms with Crippen molar-refractivity contribution in [3.8, 4) is 0 Å². The molecule has 3 aromatic heterocycles. The maximum Gasteiger partial charge on any atom is 0.263 e. The van der Waals surface area contributed by atoms with E-state index in [4.69, 9.17) is 22.3 Å². The van der Waals surface area contributed by atoms with Crippen molar-refractivity contribution in [3.05, 3.63) is 45.7 Å². The quantitative estimate of drug-likeness (QED) is 0.525. The smallest absolute Gasteiger partial charge is 0.263 e. The van der Waals surface area contributed by atoms with Gasteiger partial charge in [0.05, 0.1) is 28.3 Å². The monoisotopic (exact) mass is 436 g/mol. The van der Waals surface area contributed by atoms with Gasteiger partial charge in [-0.15, -0.1) is 0 Å². The number of nitrogen functional groups attached to an aromatic ring is 1. The molecule has 2 N–H and O–H groups in total. The molecule has 1 aliphatic carbocycles. The normalized spacial score (nSPS) is 19.0. The number of hydrogen-bond donors (Lipinski definition) is 1. The van der Waals surface area contributed by atoms with Crippen LogP contribution in [0.1, 0.15) is 43.6 Å². The molecule has 1 saturated carbocycles. The fraction of sp³-hybridized carbons (Fsp3) is 0.381. The van der Waals surface area contributed by atoms with Gasteiger partial charge < -0.3 is 15.2 Å². The van der Waals surface area contributed by atoms with Crippen molar-refractivity contribution in [2.24, 2.45) is 7.05 Å². The van der Waals surface area contributed by atoms with Crippen molar-refractivity contribution < 1.29 is 0 Å². The molecule has 9 nitrogen and oxygen atoms in total. The Morgan fingerprint density at radius 1 is 1.16 bits per heavy atom. The van der Waals surface area contributed by atoms with Gasteiger partial charge in [0.2, 0.25) is 5.95 Å². The summed E-state index contributed by atoms with van der Waals surface area (Å²) in [5.74, 6) is 1.66. The lowest BCUT2D eigenvalue weighted by molar-refractivity contribution is 0.565. The van der Waals surface area contributed by atoms with E-state index in [2.05, 4.69) is 19.9 Å². The number of imidazole rings is 1. The zero-order valence-electron chi connectivity index (χ0n) is 17.0. The molecule has 10 heteroatoms. The lowest BCUT2D eigenvalue weighted by Crippen LogP contribution is -2.32. The van der Waals surface area contributed by atoms with E-state index in [1.54, 1.807) is 12.4 Å². The Morgan fingerprint density at radius 2 is 2.00 bits per heavy atom. The first-order valence-electron chi connectivity index (χ1n) is 10.4. The van der Waals surface area contributed by atoms with E-state index in [1.165, 1.54) is 0 Å². The molecule has 2 aliphatic rings. The number of fused-ring (bicyclic) bond motifs is 2. The third-order valence-corrected chi connectivity index (χ3v) is 6.51. The van der Waals surface area contributed by atoms with Gasteiger partial charge in [-0.25, -0.2) is 9.97 Å². The van der Waals surface area contributed by atoms with Crippen LogP contribution in [0, 0.1) is 0 Å². The first-order valence-corrected chi connectivity index (χ1v) is 10.8. The molecule has 1 saturated heterocycles. The molecule has 6 rings (SSSR count). The van der Waals surface area contributed by atoms with Gasteiger partial charge in [0.25, 0.3) is 5.56 Å². The highest BCUT2D eigenvalue weighted by molar-refractivity contribution is 6.35. The number of nitrogens with zero attached hydrogens (tertiary/aromatic N) is 7. The van der Waals surface area contributed by atoms with Crippen molar-refractivity contribution in [1.29, 1.82) is 0 Å². The third kappa shape index (κ3) is 2.79. The summed E-state index contributed by atoms with van der Waals surface area (Å²) < 4.78 is 3.69. The largest absolute Gasteiger partial charge is 0.368 e. The van der Waals surface area contributed by atoms with Gasteiger partial charge in [0, 0.05) is 19.6 Å². The van der Waals surface area contributed by atoms with Gasteiger partial charge in [0.15, 0.2) is 17.0 Å². The number of hydrogen-bond acceptors (Lipinski definition) is 7. The number of rotatable bonds is 3. The predicted molar refractivity (Wildman–Crippen MR) is 119 cm³/mol. The molecule has 158 valence electrons. The minimum absolute atomic E-state index is 0.0647. The molecule has 1 aliphatic heterocycles. The SMILES string of the molecule is Cn1cnc2c(N3CCC[C@H]3c3nc4cccc(Cl)c4c(=O)n3C3CC3)nc(N)nc21. The van der Waals surface area contributed by atoms with Crippen LogP contribution in [0.4, 0.5) is 11.8 Å². The molecule has 4 heterocycles. The molecule has 2 fully saturated rings. The van der Waals surface area contributed by atoms with Crippen LogP contribution in [0.2, 0.25) is 5.02 Å². The van der Waals surface area contributed by atoms with Gasteiger partial charge in [-0.1, -0.05) is 17.7 Å². The number of benzene rings is 1. The Hall–Kier alpha value is -3.20. The van der Waals surface area contributed by atoms with Gasteiger partial charge in [-0.2, -0.15) is 9.97 Å². The van der Waals surface area contributed by atoms with Gasteiger partial charge in [-0.05, 0) is 37.8 Å². The molecular weight excluding hydrogens is 416 g/mol. The summed E-state index contributed by atoms with van der Waals surface area (Å²) in [7, 11) is 1.88. The van der Waals surface area contributed by atoms with Crippen LogP contribution in [-0.2, 0) is 7.05 Å². The molecule has 1 atom stereocenters. The van der Waals surface area contributed by atoms with E-state index >= 15 is 0 Å². The summed E-state index contributed by atoms with van der Waals surface area (Å²) in [6.45, 7) is 0.779. The van der Waals surface area contributed by atoms with Crippen LogP contribution in [0.3, 0.4) is 0 Å². The lowest BCUT2D eigenvalue weighted by Gasteiger charge is -2.28. The fourth-order valence-corrected chi connectivity index (χ4v) is 4.89. The highest BCUT2D eigenvalue weighted by atomic mass is 35.5. The fourth-order valence-electron chi connectivity index (χ4n) is 4.64. The first kappa shape index (κ1) is 18.6. The Balaban J connectivity index is 1.57. The number of aromatic nitrogens is 6. The Labute approximate surface area is 182 Å². The molecule has 0 spiro atoms. The summed E-state index contributed by atoms with van der Waals surface area (Å²) in [5.41, 5.74) is 7.98. The molecule has 0 bridgehead atoms. The first-order chi connectivity index (χ1) is 15.0. The van der Waals surface area contributed by atoms with E-state index in [9.17, 15) is 4.79 Å². The van der Waals surface area contributed by atoms with Crippen LogP contribution < -0.4 is 16.2 Å². The summed E-state index contributed by atoms with van der Waals surface area (Å²) >= 11 is 6.38. The van der Waals surface area contributed by atoms with Gasteiger partial charge >= 0.3 is 0 Å². The van der Waals surface area contributed by atoms with E-state index in [1.807, 2.05) is 28.3 Å². The summed E-state index contributed by atoms with van der Waals surface area (Å²) in [6.07, 6.45) is 5.48. The molecule has 1 aromatic carbocycles. The predicted octanol–water partition coefficient (Wildman–Crippen LogP) is 2.99. The Kier molecular flexibility index (Phi) is 3.98. The molecule has 0 unspecified atom stereocenters. The van der Waals surface area contributed by atoms with Crippen LogP contribution in [0.5, 0.6) is 0 Å². The highest BCUT2D eigenvalue weighted by Gasteiger charge is 2.37.